The number of pyridine rings is 1. The Balaban J connectivity index is 1.73. The highest BCUT2D eigenvalue weighted by Crippen LogP contribution is 2.35. The maximum atomic E-state index is 13.8. The van der Waals surface area contributed by atoms with Crippen molar-refractivity contribution in [2.24, 2.45) is 0 Å². The van der Waals surface area contributed by atoms with Crippen LogP contribution in [-0.2, 0) is 16.6 Å². The van der Waals surface area contributed by atoms with Gasteiger partial charge in [-0.25, -0.2) is 18.1 Å². The average Bonchev–Trinajstić information content (AvgIpc) is 3.11. The SMILES string of the molecule is Cc1cc(C)c2c3ccccc3n(CCNS(=O)(=O)c3c(C(C)C)cc(C(C)C)cc3C(C)C)c2n1. The molecule has 5 nitrogen and oxygen atoms in total. The predicted octanol–water partition coefficient (Wildman–Crippen LogP) is 7.16. The van der Waals surface area contributed by atoms with Gasteiger partial charge >= 0.3 is 0 Å². The van der Waals surface area contributed by atoms with Crippen LogP contribution in [0.2, 0.25) is 0 Å². The number of rotatable bonds is 8. The number of benzene rings is 2. The van der Waals surface area contributed by atoms with Crippen molar-refractivity contribution in [2.45, 2.75) is 84.6 Å². The first-order valence-corrected chi connectivity index (χ1v) is 14.4. The van der Waals surface area contributed by atoms with Crippen LogP contribution in [0.1, 0.15) is 87.2 Å². The smallest absolute Gasteiger partial charge is 0.241 e. The van der Waals surface area contributed by atoms with Crippen LogP contribution < -0.4 is 4.72 Å². The van der Waals surface area contributed by atoms with Crippen LogP contribution >= 0.6 is 0 Å². The van der Waals surface area contributed by atoms with Crippen molar-refractivity contribution < 1.29 is 8.42 Å². The summed E-state index contributed by atoms with van der Waals surface area (Å²) in [5.41, 5.74) is 7.08. The third-order valence-corrected chi connectivity index (χ3v) is 8.61. The Hall–Kier alpha value is -2.70. The number of nitrogens with zero attached hydrogens (tertiary/aromatic N) is 2. The Labute approximate surface area is 216 Å². The van der Waals surface area contributed by atoms with Gasteiger partial charge in [-0.1, -0.05) is 71.9 Å². The molecule has 2 heterocycles. The summed E-state index contributed by atoms with van der Waals surface area (Å²) in [6.07, 6.45) is 0. The van der Waals surface area contributed by atoms with Gasteiger partial charge in [-0.15, -0.1) is 0 Å². The molecule has 1 N–H and O–H groups in total. The second kappa shape index (κ2) is 9.98. The van der Waals surface area contributed by atoms with Gasteiger partial charge in [-0.05, 0) is 66.0 Å². The van der Waals surface area contributed by atoms with Crippen molar-refractivity contribution in [2.75, 3.05) is 6.54 Å². The lowest BCUT2D eigenvalue weighted by molar-refractivity contribution is 0.570. The van der Waals surface area contributed by atoms with E-state index in [4.69, 9.17) is 4.98 Å². The molecule has 6 heteroatoms. The standard InChI is InChI=1S/C30H39N3O2S/c1-18(2)23-16-25(19(3)4)29(26(17-23)20(5)6)36(34,35)31-13-14-33-27-12-10-9-11-24(27)28-21(7)15-22(8)32-30(28)33/h9-12,15-20,31H,13-14H2,1-8H3. The minimum atomic E-state index is -3.71. The molecule has 4 aromatic rings. The van der Waals surface area contributed by atoms with E-state index in [2.05, 4.69) is 88.1 Å². The summed E-state index contributed by atoms with van der Waals surface area (Å²) in [6.45, 7) is 17.5. The Kier molecular flexibility index (Phi) is 7.31. The average molecular weight is 506 g/mol. The second-order valence-electron chi connectivity index (χ2n) is 10.8. The quantitative estimate of drug-likeness (QED) is 0.276. The van der Waals surface area contributed by atoms with E-state index in [0.717, 1.165) is 38.8 Å². The van der Waals surface area contributed by atoms with E-state index in [1.54, 1.807) is 0 Å². The minimum Gasteiger partial charge on any atom is -0.324 e. The van der Waals surface area contributed by atoms with E-state index in [1.165, 1.54) is 11.1 Å². The van der Waals surface area contributed by atoms with E-state index in [0.29, 0.717) is 17.4 Å². The van der Waals surface area contributed by atoms with Crippen molar-refractivity contribution in [3.8, 4) is 0 Å². The maximum Gasteiger partial charge on any atom is 0.241 e. The third-order valence-electron chi connectivity index (χ3n) is 7.02. The first-order valence-electron chi connectivity index (χ1n) is 12.9. The van der Waals surface area contributed by atoms with Gasteiger partial charge in [0.1, 0.15) is 5.65 Å². The number of aromatic nitrogens is 2. The van der Waals surface area contributed by atoms with Gasteiger partial charge in [-0.2, -0.15) is 0 Å². The molecule has 0 aliphatic rings. The first-order chi connectivity index (χ1) is 16.9. The topological polar surface area (TPSA) is 64.0 Å². The molecule has 0 fully saturated rings. The van der Waals surface area contributed by atoms with E-state index in [1.807, 2.05) is 19.1 Å². The highest BCUT2D eigenvalue weighted by Gasteiger charge is 2.27. The number of hydrogen-bond acceptors (Lipinski definition) is 3. The Morgan fingerprint density at radius 1 is 0.889 bits per heavy atom. The van der Waals surface area contributed by atoms with Crippen LogP contribution in [0.25, 0.3) is 21.9 Å². The molecule has 0 atom stereocenters. The molecule has 0 aliphatic heterocycles. The molecule has 0 radical (unpaired) electrons. The Bertz CT molecular complexity index is 1500. The number of nitrogens with one attached hydrogen (secondary N) is 1. The summed E-state index contributed by atoms with van der Waals surface area (Å²) < 4.78 is 32.7. The van der Waals surface area contributed by atoms with Gasteiger partial charge < -0.3 is 4.57 Å². The molecule has 192 valence electrons. The highest BCUT2D eigenvalue weighted by molar-refractivity contribution is 7.89. The lowest BCUT2D eigenvalue weighted by Crippen LogP contribution is -2.29. The van der Waals surface area contributed by atoms with Crippen LogP contribution in [0, 0.1) is 13.8 Å². The lowest BCUT2D eigenvalue weighted by Gasteiger charge is -2.23. The monoisotopic (exact) mass is 505 g/mol. The molecule has 0 spiro atoms. The fourth-order valence-electron chi connectivity index (χ4n) is 5.17. The lowest BCUT2D eigenvalue weighted by atomic mass is 9.89. The minimum absolute atomic E-state index is 0.0975. The van der Waals surface area contributed by atoms with Crippen molar-refractivity contribution >= 4 is 32.0 Å². The van der Waals surface area contributed by atoms with Gasteiger partial charge in [0.05, 0.1) is 10.4 Å². The summed E-state index contributed by atoms with van der Waals surface area (Å²) in [5, 5.41) is 2.28. The molecule has 0 aliphatic carbocycles. The Morgan fingerprint density at radius 3 is 2.08 bits per heavy atom. The van der Waals surface area contributed by atoms with Crippen LogP contribution in [0.3, 0.4) is 0 Å². The molecule has 0 saturated carbocycles. The summed E-state index contributed by atoms with van der Waals surface area (Å²) in [6, 6.07) is 14.5. The van der Waals surface area contributed by atoms with Gasteiger partial charge in [-0.3, -0.25) is 0 Å². The molecule has 0 saturated heterocycles. The number of fused-ring (bicyclic) bond motifs is 3. The maximum absolute atomic E-state index is 13.8. The van der Waals surface area contributed by atoms with Gasteiger partial charge in [0, 0.05) is 29.6 Å². The normalized spacial score (nSPS) is 12.6. The zero-order valence-electron chi connectivity index (χ0n) is 22.8. The summed E-state index contributed by atoms with van der Waals surface area (Å²) >= 11 is 0. The molecule has 0 amide bonds. The van der Waals surface area contributed by atoms with E-state index >= 15 is 0 Å². The van der Waals surface area contributed by atoms with Crippen LogP contribution in [-0.4, -0.2) is 24.5 Å². The van der Waals surface area contributed by atoms with Gasteiger partial charge in [0.15, 0.2) is 0 Å². The van der Waals surface area contributed by atoms with E-state index in [9.17, 15) is 8.42 Å². The second-order valence-corrected chi connectivity index (χ2v) is 12.5. The predicted molar refractivity (Wildman–Crippen MR) is 151 cm³/mol. The first kappa shape index (κ1) is 26.4. The van der Waals surface area contributed by atoms with Crippen molar-refractivity contribution in [1.29, 1.82) is 0 Å². The number of aryl methyl sites for hydroxylation is 2. The molecule has 36 heavy (non-hydrogen) atoms. The number of para-hydroxylation sites is 1. The highest BCUT2D eigenvalue weighted by atomic mass is 32.2. The number of hydrogen-bond donors (Lipinski definition) is 1. The summed E-state index contributed by atoms with van der Waals surface area (Å²) in [7, 11) is -3.71. The molecule has 0 bridgehead atoms. The zero-order chi connectivity index (χ0) is 26.4. The zero-order valence-corrected chi connectivity index (χ0v) is 23.6. The summed E-state index contributed by atoms with van der Waals surface area (Å²) in [4.78, 5) is 5.28. The van der Waals surface area contributed by atoms with Crippen LogP contribution in [0.5, 0.6) is 0 Å². The molecular formula is C30H39N3O2S. The Morgan fingerprint density at radius 2 is 1.50 bits per heavy atom. The third kappa shape index (κ3) is 4.81. The molecular weight excluding hydrogens is 466 g/mol. The molecule has 0 unspecified atom stereocenters. The van der Waals surface area contributed by atoms with Crippen molar-refractivity contribution in [1.82, 2.24) is 14.3 Å². The van der Waals surface area contributed by atoms with E-state index < -0.39 is 10.0 Å². The summed E-state index contributed by atoms with van der Waals surface area (Å²) in [5.74, 6) is 0.528. The fourth-order valence-corrected chi connectivity index (χ4v) is 6.88. The molecule has 2 aromatic carbocycles. The van der Waals surface area contributed by atoms with Gasteiger partial charge in [0.2, 0.25) is 10.0 Å². The van der Waals surface area contributed by atoms with Crippen LogP contribution in [0.4, 0.5) is 0 Å². The van der Waals surface area contributed by atoms with Crippen molar-refractivity contribution in [3.63, 3.8) is 0 Å². The largest absolute Gasteiger partial charge is 0.324 e. The van der Waals surface area contributed by atoms with Gasteiger partial charge in [0.25, 0.3) is 0 Å². The fraction of sp³-hybridized carbons (Fsp3) is 0.433. The number of sulfonamides is 1. The molecule has 2 aromatic heterocycles. The van der Waals surface area contributed by atoms with Crippen LogP contribution in [0.15, 0.2) is 47.4 Å². The van der Waals surface area contributed by atoms with E-state index in [-0.39, 0.29) is 18.4 Å². The molecule has 4 rings (SSSR count). The van der Waals surface area contributed by atoms with Crippen molar-refractivity contribution in [3.05, 3.63) is 70.4 Å².